The summed E-state index contributed by atoms with van der Waals surface area (Å²) in [7, 11) is -1.77. The fourth-order valence-electron chi connectivity index (χ4n) is 2.07. The van der Waals surface area contributed by atoms with Gasteiger partial charge in [-0.1, -0.05) is 28.7 Å². The topological polar surface area (TPSA) is 62.0 Å². The molecule has 0 aliphatic heterocycles. The van der Waals surface area contributed by atoms with Crippen LogP contribution in [0, 0.1) is 0 Å². The third kappa shape index (κ3) is 3.70. The van der Waals surface area contributed by atoms with Crippen LogP contribution in [0.2, 0.25) is 0 Å². The zero-order valence-corrected chi connectivity index (χ0v) is 13.7. The number of aromatic nitrogens is 1. The molecule has 0 aliphatic rings. The number of alkyl halides is 1. The van der Waals surface area contributed by atoms with Crippen LogP contribution < -0.4 is 4.72 Å². The molecular weight excluding hydrogens is 375 g/mol. The maximum Gasteiger partial charge on any atom is 0.215 e. The van der Waals surface area contributed by atoms with Gasteiger partial charge in [0.15, 0.2) is 0 Å². The molecule has 0 bridgehead atoms. The monoisotopic (exact) mass is 392 g/mol. The molecule has 0 saturated carbocycles. The lowest BCUT2D eigenvalue weighted by molar-refractivity contribution is 0.587. The summed E-state index contributed by atoms with van der Waals surface area (Å²) in [6.07, 6.45) is 4.17. The summed E-state index contributed by atoms with van der Waals surface area (Å²) < 4.78 is 26.6. The molecule has 2 aromatic rings. The number of sulfonamides is 1. The lowest BCUT2D eigenvalue weighted by Crippen LogP contribution is -2.20. The van der Waals surface area contributed by atoms with Gasteiger partial charge in [0.25, 0.3) is 0 Å². The van der Waals surface area contributed by atoms with Crippen LogP contribution in [0.4, 0.5) is 0 Å². The summed E-state index contributed by atoms with van der Waals surface area (Å²) in [4.78, 5) is 3.23. The second-order valence-electron chi connectivity index (χ2n) is 4.45. The molecule has 4 nitrogen and oxygen atoms in total. The predicted octanol–water partition coefficient (Wildman–Crippen LogP) is 2.58. The molecule has 0 fully saturated rings. The van der Waals surface area contributed by atoms with E-state index in [1.54, 1.807) is 0 Å². The second kappa shape index (κ2) is 6.23. The van der Waals surface area contributed by atoms with Crippen LogP contribution >= 0.6 is 22.6 Å². The van der Waals surface area contributed by atoms with E-state index in [9.17, 15) is 8.42 Å². The van der Waals surface area contributed by atoms with Crippen LogP contribution in [-0.4, -0.2) is 24.9 Å². The lowest BCUT2D eigenvalue weighted by Gasteiger charge is -2.04. The van der Waals surface area contributed by atoms with Gasteiger partial charge in [-0.05, 0) is 47.6 Å². The van der Waals surface area contributed by atoms with Gasteiger partial charge < -0.3 is 4.98 Å². The Morgan fingerprint density at radius 2 is 2.16 bits per heavy atom. The van der Waals surface area contributed by atoms with Gasteiger partial charge in [0, 0.05) is 17.1 Å². The number of halogens is 1. The molecule has 19 heavy (non-hydrogen) atoms. The Morgan fingerprint density at radius 3 is 2.84 bits per heavy atom. The number of hydrogen-bond donors (Lipinski definition) is 2. The van der Waals surface area contributed by atoms with Gasteiger partial charge >= 0.3 is 0 Å². The zero-order valence-electron chi connectivity index (χ0n) is 10.7. The normalized spacial score (nSPS) is 12.1. The largest absolute Gasteiger partial charge is 0.361 e. The Morgan fingerprint density at radius 1 is 1.37 bits per heavy atom. The highest BCUT2D eigenvalue weighted by molar-refractivity contribution is 14.1. The van der Waals surface area contributed by atoms with Gasteiger partial charge in [-0.2, -0.15) is 0 Å². The molecule has 0 unspecified atom stereocenters. The molecule has 104 valence electrons. The minimum Gasteiger partial charge on any atom is -0.361 e. The van der Waals surface area contributed by atoms with Crippen LogP contribution in [0.5, 0.6) is 0 Å². The molecule has 0 saturated heterocycles. The molecule has 2 rings (SSSR count). The van der Waals surface area contributed by atoms with Gasteiger partial charge in [-0.25, -0.2) is 13.1 Å². The zero-order chi connectivity index (χ0) is 13.9. The van der Waals surface area contributed by atoms with Gasteiger partial charge in [-0.15, -0.1) is 0 Å². The molecule has 1 aromatic heterocycles. The number of H-pyrrole nitrogens is 1. The predicted molar refractivity (Wildman–Crippen MR) is 87.2 cm³/mol. The van der Waals surface area contributed by atoms with E-state index < -0.39 is 10.0 Å². The van der Waals surface area contributed by atoms with Crippen LogP contribution in [0.15, 0.2) is 24.4 Å². The average Bonchev–Trinajstić information content (AvgIpc) is 2.78. The average molecular weight is 392 g/mol. The van der Waals surface area contributed by atoms with Gasteiger partial charge in [0.1, 0.15) is 0 Å². The minimum atomic E-state index is -3.22. The Labute approximate surface area is 127 Å². The highest BCUT2D eigenvalue weighted by Gasteiger charge is 2.10. The highest BCUT2D eigenvalue weighted by Crippen LogP contribution is 2.22. The van der Waals surface area contributed by atoms with Crippen molar-refractivity contribution in [1.82, 2.24) is 9.71 Å². The van der Waals surface area contributed by atoms with Crippen molar-refractivity contribution in [2.45, 2.75) is 18.6 Å². The first-order chi connectivity index (χ1) is 9.05. The van der Waals surface area contributed by atoms with E-state index in [1.807, 2.05) is 24.4 Å². The molecule has 1 aromatic carbocycles. The Bertz CT molecular complexity index is 664. The number of hydrogen-bond acceptors (Lipinski definition) is 2. The third-order valence-corrected chi connectivity index (χ3v) is 5.18. The molecule has 2 N–H and O–H groups in total. The standard InChI is InChI=1S/C13H17IN2O2S/c1-15-19(17,18)9-10-4-5-13-12(7-10)11(8-16-13)3-2-6-14/h4-5,7-8,15-16H,2-3,6,9H2,1H3. The van der Waals surface area contributed by atoms with Crippen molar-refractivity contribution < 1.29 is 8.42 Å². The lowest BCUT2D eigenvalue weighted by atomic mass is 10.1. The Hall–Kier alpha value is -0.600. The Kier molecular flexibility index (Phi) is 4.86. The van der Waals surface area contributed by atoms with E-state index in [1.165, 1.54) is 12.6 Å². The molecule has 0 atom stereocenters. The van der Waals surface area contributed by atoms with Crippen molar-refractivity contribution in [3.8, 4) is 0 Å². The number of rotatable bonds is 6. The number of fused-ring (bicyclic) bond motifs is 1. The number of nitrogens with one attached hydrogen (secondary N) is 2. The molecule has 1 heterocycles. The van der Waals surface area contributed by atoms with E-state index in [2.05, 4.69) is 32.3 Å². The van der Waals surface area contributed by atoms with Crippen LogP contribution in [0.25, 0.3) is 10.9 Å². The summed E-state index contributed by atoms with van der Waals surface area (Å²) in [5.41, 5.74) is 3.14. The quantitative estimate of drug-likeness (QED) is 0.587. The maximum absolute atomic E-state index is 11.6. The van der Waals surface area contributed by atoms with Crippen molar-refractivity contribution in [2.24, 2.45) is 0 Å². The molecule has 0 aliphatic carbocycles. The Balaban J connectivity index is 2.33. The van der Waals surface area contributed by atoms with E-state index in [0.29, 0.717) is 0 Å². The molecule has 0 radical (unpaired) electrons. The van der Waals surface area contributed by atoms with Crippen molar-refractivity contribution in [3.63, 3.8) is 0 Å². The van der Waals surface area contributed by atoms with E-state index in [4.69, 9.17) is 0 Å². The minimum absolute atomic E-state index is 0.0242. The first-order valence-electron chi connectivity index (χ1n) is 6.12. The fourth-order valence-corrected chi connectivity index (χ4v) is 3.22. The van der Waals surface area contributed by atoms with Crippen LogP contribution in [0.1, 0.15) is 17.5 Å². The first kappa shape index (κ1) is 14.8. The van der Waals surface area contributed by atoms with Gasteiger partial charge in [-0.3, -0.25) is 0 Å². The summed E-state index contributed by atoms with van der Waals surface area (Å²) in [5, 5.41) is 1.13. The van der Waals surface area contributed by atoms with E-state index in [0.717, 1.165) is 33.7 Å². The van der Waals surface area contributed by atoms with E-state index in [-0.39, 0.29) is 5.75 Å². The summed E-state index contributed by atoms with van der Waals surface area (Å²) in [6.45, 7) is 0. The molecule has 6 heteroatoms. The second-order valence-corrected chi connectivity index (χ2v) is 7.45. The van der Waals surface area contributed by atoms with Crippen LogP contribution in [0.3, 0.4) is 0 Å². The number of aromatic amines is 1. The molecular formula is C13H17IN2O2S. The number of aryl methyl sites for hydroxylation is 1. The highest BCUT2D eigenvalue weighted by atomic mass is 127. The summed E-state index contributed by atoms with van der Waals surface area (Å²) in [5.74, 6) is 0.0242. The smallest absolute Gasteiger partial charge is 0.215 e. The van der Waals surface area contributed by atoms with Gasteiger partial charge in [0.05, 0.1) is 5.75 Å². The first-order valence-corrected chi connectivity index (χ1v) is 9.29. The molecule has 0 amide bonds. The van der Waals surface area contributed by atoms with Gasteiger partial charge in [0.2, 0.25) is 10.0 Å². The van der Waals surface area contributed by atoms with Crippen LogP contribution in [-0.2, 0) is 22.2 Å². The maximum atomic E-state index is 11.6. The van der Waals surface area contributed by atoms with Crippen molar-refractivity contribution >= 4 is 43.5 Å². The molecule has 0 spiro atoms. The van der Waals surface area contributed by atoms with Crippen molar-refractivity contribution in [2.75, 3.05) is 11.5 Å². The fraction of sp³-hybridized carbons (Fsp3) is 0.385. The summed E-state index contributed by atoms with van der Waals surface area (Å²) >= 11 is 2.37. The SMILES string of the molecule is CNS(=O)(=O)Cc1ccc2[nH]cc(CCCI)c2c1. The summed E-state index contributed by atoms with van der Waals surface area (Å²) in [6, 6.07) is 5.78. The number of benzene rings is 1. The van der Waals surface area contributed by atoms with Crippen molar-refractivity contribution in [1.29, 1.82) is 0 Å². The van der Waals surface area contributed by atoms with E-state index >= 15 is 0 Å². The third-order valence-electron chi connectivity index (χ3n) is 3.08. The van der Waals surface area contributed by atoms with Crippen molar-refractivity contribution in [3.05, 3.63) is 35.5 Å².